The summed E-state index contributed by atoms with van der Waals surface area (Å²) in [7, 11) is 0. The van der Waals surface area contributed by atoms with Crippen LogP contribution >= 0.6 is 0 Å². The third-order valence-corrected chi connectivity index (χ3v) is 3.99. The summed E-state index contributed by atoms with van der Waals surface area (Å²) < 4.78 is 0. The molecule has 0 radical (unpaired) electrons. The molecule has 2 nitrogen and oxygen atoms in total. The fourth-order valence-electron chi connectivity index (χ4n) is 2.50. The number of benzene rings is 3. The lowest BCUT2D eigenvalue weighted by Gasteiger charge is -2.13. The van der Waals surface area contributed by atoms with Crippen LogP contribution in [0.15, 0.2) is 84.9 Å². The Kier molecular flexibility index (Phi) is 5.29. The molecule has 2 heteroatoms. The molecule has 122 valence electrons. The molecule has 1 amide bonds. The molecule has 1 N–H and O–H groups in total. The zero-order chi connectivity index (χ0) is 17.5. The second-order valence-electron chi connectivity index (χ2n) is 5.78. The number of hydrogen-bond donors (Lipinski definition) is 1. The normalized spacial score (nSPS) is 11.1. The van der Waals surface area contributed by atoms with Gasteiger partial charge in [0.2, 0.25) is 5.91 Å². The molecule has 0 spiro atoms. The predicted molar refractivity (Wildman–Crippen MR) is 102 cm³/mol. The molecule has 0 saturated carbocycles. The van der Waals surface area contributed by atoms with Crippen molar-refractivity contribution >= 4 is 11.6 Å². The van der Waals surface area contributed by atoms with Crippen LogP contribution in [-0.4, -0.2) is 5.91 Å². The molecule has 1 atom stereocenters. The Labute approximate surface area is 148 Å². The fourth-order valence-corrected chi connectivity index (χ4v) is 2.50. The second-order valence-corrected chi connectivity index (χ2v) is 5.78. The summed E-state index contributed by atoms with van der Waals surface area (Å²) in [5, 5.41) is 3.00. The Morgan fingerprint density at radius 3 is 2.12 bits per heavy atom. The molecule has 3 aromatic carbocycles. The van der Waals surface area contributed by atoms with Crippen molar-refractivity contribution in [3.8, 4) is 11.8 Å². The molecule has 0 aromatic heterocycles. The first-order chi connectivity index (χ1) is 12.2. The van der Waals surface area contributed by atoms with Crippen LogP contribution in [0.25, 0.3) is 0 Å². The van der Waals surface area contributed by atoms with Crippen molar-refractivity contribution in [3.05, 3.63) is 102 Å². The molecule has 1 unspecified atom stereocenters. The highest BCUT2D eigenvalue weighted by atomic mass is 16.1. The minimum absolute atomic E-state index is 0.0415. The lowest BCUT2D eigenvalue weighted by molar-refractivity contribution is -0.117. The summed E-state index contributed by atoms with van der Waals surface area (Å²) >= 11 is 0. The van der Waals surface area contributed by atoms with Crippen LogP contribution in [-0.2, 0) is 4.79 Å². The standard InChI is InChI=1S/C23H19NO/c1-18(20-12-6-3-7-13-20)23(25)24-22-15-9-8-14-21(22)17-16-19-10-4-2-5-11-19/h2-15,18H,1H3,(H,24,25). The quantitative estimate of drug-likeness (QED) is 0.687. The van der Waals surface area contributed by atoms with Gasteiger partial charge in [-0.2, -0.15) is 0 Å². The van der Waals surface area contributed by atoms with Crippen molar-refractivity contribution in [2.24, 2.45) is 0 Å². The van der Waals surface area contributed by atoms with E-state index in [9.17, 15) is 4.79 Å². The molecular weight excluding hydrogens is 306 g/mol. The maximum absolute atomic E-state index is 12.6. The highest BCUT2D eigenvalue weighted by Crippen LogP contribution is 2.20. The molecule has 0 aliphatic rings. The Balaban J connectivity index is 1.80. The number of anilines is 1. The van der Waals surface area contributed by atoms with Crippen LogP contribution in [0.3, 0.4) is 0 Å². The van der Waals surface area contributed by atoms with E-state index in [1.807, 2.05) is 91.9 Å². The number of amides is 1. The first kappa shape index (κ1) is 16.5. The topological polar surface area (TPSA) is 29.1 Å². The zero-order valence-electron chi connectivity index (χ0n) is 14.1. The largest absolute Gasteiger partial charge is 0.324 e. The number of para-hydroxylation sites is 1. The minimum atomic E-state index is -0.226. The van der Waals surface area contributed by atoms with Gasteiger partial charge in [0.25, 0.3) is 0 Å². The summed E-state index contributed by atoms with van der Waals surface area (Å²) in [6, 6.07) is 27.2. The van der Waals surface area contributed by atoms with E-state index in [0.717, 1.165) is 22.4 Å². The monoisotopic (exact) mass is 325 g/mol. The minimum Gasteiger partial charge on any atom is -0.324 e. The Morgan fingerprint density at radius 1 is 0.800 bits per heavy atom. The number of rotatable bonds is 3. The van der Waals surface area contributed by atoms with Gasteiger partial charge in [-0.15, -0.1) is 0 Å². The highest BCUT2D eigenvalue weighted by Gasteiger charge is 2.15. The van der Waals surface area contributed by atoms with Gasteiger partial charge in [-0.05, 0) is 36.8 Å². The van der Waals surface area contributed by atoms with Gasteiger partial charge in [0.15, 0.2) is 0 Å². The van der Waals surface area contributed by atoms with E-state index in [2.05, 4.69) is 17.2 Å². The summed E-state index contributed by atoms with van der Waals surface area (Å²) in [5.41, 5.74) is 3.48. The van der Waals surface area contributed by atoms with E-state index in [1.165, 1.54) is 0 Å². The van der Waals surface area contributed by atoms with Crippen molar-refractivity contribution < 1.29 is 4.79 Å². The van der Waals surface area contributed by atoms with Crippen LogP contribution < -0.4 is 5.32 Å². The van der Waals surface area contributed by atoms with Gasteiger partial charge in [0.1, 0.15) is 0 Å². The second kappa shape index (κ2) is 7.99. The van der Waals surface area contributed by atoms with E-state index in [0.29, 0.717) is 0 Å². The Bertz CT molecular complexity index is 905. The van der Waals surface area contributed by atoms with Crippen LogP contribution in [0.2, 0.25) is 0 Å². The fraction of sp³-hybridized carbons (Fsp3) is 0.0870. The van der Waals surface area contributed by atoms with Gasteiger partial charge in [-0.1, -0.05) is 72.5 Å². The average molecular weight is 325 g/mol. The third kappa shape index (κ3) is 4.37. The van der Waals surface area contributed by atoms with Crippen molar-refractivity contribution in [3.63, 3.8) is 0 Å². The van der Waals surface area contributed by atoms with Gasteiger partial charge < -0.3 is 5.32 Å². The van der Waals surface area contributed by atoms with Gasteiger partial charge in [0, 0.05) is 11.1 Å². The van der Waals surface area contributed by atoms with E-state index in [1.54, 1.807) is 0 Å². The van der Waals surface area contributed by atoms with Crippen LogP contribution in [0, 0.1) is 11.8 Å². The van der Waals surface area contributed by atoms with Gasteiger partial charge in [-0.3, -0.25) is 4.79 Å². The van der Waals surface area contributed by atoms with Crippen molar-refractivity contribution in [2.75, 3.05) is 5.32 Å². The van der Waals surface area contributed by atoms with Crippen LogP contribution in [0.1, 0.15) is 29.5 Å². The Hall–Kier alpha value is -3.31. The molecule has 0 fully saturated rings. The maximum Gasteiger partial charge on any atom is 0.231 e. The highest BCUT2D eigenvalue weighted by molar-refractivity contribution is 5.96. The zero-order valence-corrected chi connectivity index (χ0v) is 14.1. The first-order valence-electron chi connectivity index (χ1n) is 8.26. The maximum atomic E-state index is 12.6. The SMILES string of the molecule is CC(C(=O)Nc1ccccc1C#Cc1ccccc1)c1ccccc1. The molecule has 3 aromatic rings. The molecule has 3 rings (SSSR count). The van der Waals surface area contributed by atoms with Crippen LogP contribution in [0.4, 0.5) is 5.69 Å². The van der Waals surface area contributed by atoms with Crippen LogP contribution in [0.5, 0.6) is 0 Å². The molecule has 25 heavy (non-hydrogen) atoms. The smallest absolute Gasteiger partial charge is 0.231 e. The molecule has 0 aliphatic carbocycles. The molecule has 0 heterocycles. The summed E-state index contributed by atoms with van der Waals surface area (Å²) in [5.74, 6) is 6.02. The van der Waals surface area contributed by atoms with Gasteiger partial charge >= 0.3 is 0 Å². The molecule has 0 bridgehead atoms. The molecule has 0 aliphatic heterocycles. The first-order valence-corrected chi connectivity index (χ1v) is 8.26. The predicted octanol–water partition coefficient (Wildman–Crippen LogP) is 4.83. The number of hydrogen-bond acceptors (Lipinski definition) is 1. The number of carbonyl (C=O) groups excluding carboxylic acids is 1. The average Bonchev–Trinajstić information content (AvgIpc) is 2.68. The van der Waals surface area contributed by atoms with Gasteiger partial charge in [0.05, 0.1) is 11.6 Å². The Morgan fingerprint density at radius 2 is 1.40 bits per heavy atom. The molecular formula is C23H19NO. The van der Waals surface area contributed by atoms with Crippen molar-refractivity contribution in [1.29, 1.82) is 0 Å². The van der Waals surface area contributed by atoms with Crippen molar-refractivity contribution in [1.82, 2.24) is 0 Å². The van der Waals surface area contributed by atoms with Crippen molar-refractivity contribution in [2.45, 2.75) is 12.8 Å². The number of carbonyl (C=O) groups is 1. The van der Waals surface area contributed by atoms with E-state index >= 15 is 0 Å². The summed E-state index contributed by atoms with van der Waals surface area (Å²) in [6.45, 7) is 1.91. The van der Waals surface area contributed by atoms with E-state index in [4.69, 9.17) is 0 Å². The molecule has 0 saturated heterocycles. The van der Waals surface area contributed by atoms with E-state index in [-0.39, 0.29) is 11.8 Å². The van der Waals surface area contributed by atoms with Gasteiger partial charge in [-0.25, -0.2) is 0 Å². The van der Waals surface area contributed by atoms with E-state index < -0.39 is 0 Å². The summed E-state index contributed by atoms with van der Waals surface area (Å²) in [4.78, 5) is 12.6. The number of nitrogens with one attached hydrogen (secondary N) is 1. The lowest BCUT2D eigenvalue weighted by Crippen LogP contribution is -2.19. The third-order valence-electron chi connectivity index (χ3n) is 3.99. The summed E-state index contributed by atoms with van der Waals surface area (Å²) in [6.07, 6.45) is 0. The lowest BCUT2D eigenvalue weighted by atomic mass is 10.0.